The third-order valence-electron chi connectivity index (χ3n) is 5.40. The Balaban J connectivity index is 1.46. The lowest BCUT2D eigenvalue weighted by molar-refractivity contribution is -0.141. The summed E-state index contributed by atoms with van der Waals surface area (Å²) < 4.78 is 0. The molecular formula is C20H29N3O2. The van der Waals surface area contributed by atoms with E-state index in [1.54, 1.807) is 0 Å². The van der Waals surface area contributed by atoms with Crippen molar-refractivity contribution in [3.05, 3.63) is 35.9 Å². The molecule has 5 nitrogen and oxygen atoms in total. The summed E-state index contributed by atoms with van der Waals surface area (Å²) in [7, 11) is 0. The lowest BCUT2D eigenvalue weighted by Gasteiger charge is -2.37. The fraction of sp³-hybridized carbons (Fsp3) is 0.600. The Morgan fingerprint density at radius 3 is 2.40 bits per heavy atom. The first-order valence-corrected chi connectivity index (χ1v) is 9.50. The number of nitrogens with one attached hydrogen (secondary N) is 1. The van der Waals surface area contributed by atoms with Crippen molar-refractivity contribution in [2.75, 3.05) is 32.7 Å². The summed E-state index contributed by atoms with van der Waals surface area (Å²) in [5.74, 6) is 0.628. The van der Waals surface area contributed by atoms with E-state index in [9.17, 15) is 9.59 Å². The van der Waals surface area contributed by atoms with Gasteiger partial charge in [-0.3, -0.25) is 9.59 Å². The summed E-state index contributed by atoms with van der Waals surface area (Å²) in [6.07, 6.45) is 3.75. The van der Waals surface area contributed by atoms with Gasteiger partial charge in [-0.15, -0.1) is 0 Å². The van der Waals surface area contributed by atoms with Crippen molar-refractivity contribution in [1.29, 1.82) is 0 Å². The molecule has 5 heteroatoms. The summed E-state index contributed by atoms with van der Waals surface area (Å²) >= 11 is 0. The molecule has 0 bridgehead atoms. The third kappa shape index (κ3) is 4.60. The topological polar surface area (TPSA) is 52.7 Å². The summed E-state index contributed by atoms with van der Waals surface area (Å²) in [6.45, 7) is 5.65. The molecule has 136 valence electrons. The van der Waals surface area contributed by atoms with Crippen molar-refractivity contribution in [3.63, 3.8) is 0 Å². The first kappa shape index (κ1) is 17.9. The maximum absolute atomic E-state index is 12.6. The fourth-order valence-corrected chi connectivity index (χ4v) is 3.75. The molecule has 2 amide bonds. The second-order valence-corrected chi connectivity index (χ2v) is 7.22. The number of nitrogens with zero attached hydrogens (tertiary/aromatic N) is 2. The highest BCUT2D eigenvalue weighted by atomic mass is 16.2. The zero-order valence-corrected chi connectivity index (χ0v) is 15.1. The average Bonchev–Trinajstić information content (AvgIpc) is 2.69. The monoisotopic (exact) mass is 343 g/mol. The molecule has 25 heavy (non-hydrogen) atoms. The molecule has 2 atom stereocenters. The van der Waals surface area contributed by atoms with Crippen LogP contribution in [-0.2, 0) is 9.59 Å². The number of carbonyl (C=O) groups excluding carboxylic acids is 2. The fourth-order valence-electron chi connectivity index (χ4n) is 3.75. The van der Waals surface area contributed by atoms with Gasteiger partial charge >= 0.3 is 0 Å². The minimum Gasteiger partial charge on any atom is -0.339 e. The number of rotatable bonds is 4. The molecule has 1 aromatic rings. The molecular weight excluding hydrogens is 314 g/mol. The quantitative estimate of drug-likeness (QED) is 0.910. The molecule has 2 aliphatic rings. The average molecular weight is 343 g/mol. The third-order valence-corrected chi connectivity index (χ3v) is 5.40. The lowest BCUT2D eigenvalue weighted by Crippen LogP contribution is -2.55. The van der Waals surface area contributed by atoms with Crippen LogP contribution in [0.2, 0.25) is 0 Å². The van der Waals surface area contributed by atoms with E-state index in [4.69, 9.17) is 0 Å². The van der Waals surface area contributed by atoms with Gasteiger partial charge in [0.25, 0.3) is 0 Å². The van der Waals surface area contributed by atoms with E-state index in [1.807, 2.05) is 28.0 Å². The van der Waals surface area contributed by atoms with Crippen molar-refractivity contribution < 1.29 is 9.59 Å². The number of benzene rings is 1. The van der Waals surface area contributed by atoms with Crippen LogP contribution in [0.5, 0.6) is 0 Å². The van der Waals surface area contributed by atoms with Crippen molar-refractivity contribution in [2.45, 2.75) is 44.6 Å². The Morgan fingerprint density at radius 1 is 1.08 bits per heavy atom. The molecule has 2 aliphatic heterocycles. The van der Waals surface area contributed by atoms with E-state index < -0.39 is 0 Å². The highest BCUT2D eigenvalue weighted by Gasteiger charge is 2.29. The van der Waals surface area contributed by atoms with E-state index in [0.29, 0.717) is 32.6 Å². The van der Waals surface area contributed by atoms with E-state index in [-0.39, 0.29) is 23.8 Å². The molecule has 1 N–H and O–H groups in total. The number of hydrogen-bond acceptors (Lipinski definition) is 3. The van der Waals surface area contributed by atoms with Crippen LogP contribution in [0, 0.1) is 0 Å². The highest BCUT2D eigenvalue weighted by Crippen LogP contribution is 2.20. The first-order valence-electron chi connectivity index (χ1n) is 9.50. The summed E-state index contributed by atoms with van der Waals surface area (Å²) in [5, 5.41) is 3.32. The number of piperazine rings is 1. The van der Waals surface area contributed by atoms with Gasteiger partial charge in [0.15, 0.2) is 0 Å². The van der Waals surface area contributed by atoms with Crippen LogP contribution in [0.25, 0.3) is 0 Å². The van der Waals surface area contributed by atoms with Crippen molar-refractivity contribution in [3.8, 4) is 0 Å². The maximum atomic E-state index is 12.6. The molecule has 0 radical (unpaired) electrons. The second-order valence-electron chi connectivity index (χ2n) is 7.22. The Labute approximate surface area is 150 Å². The van der Waals surface area contributed by atoms with Gasteiger partial charge in [0, 0.05) is 32.6 Å². The van der Waals surface area contributed by atoms with E-state index >= 15 is 0 Å². The lowest BCUT2D eigenvalue weighted by atomic mass is 9.97. The minimum atomic E-state index is -0.0193. The summed E-state index contributed by atoms with van der Waals surface area (Å²) in [5.41, 5.74) is 1.20. The van der Waals surface area contributed by atoms with Crippen LogP contribution >= 0.6 is 0 Å². The molecule has 0 unspecified atom stereocenters. The number of amides is 2. The van der Waals surface area contributed by atoms with Crippen LogP contribution in [0.3, 0.4) is 0 Å². The molecule has 0 aliphatic carbocycles. The Kier molecular flexibility index (Phi) is 6.08. The van der Waals surface area contributed by atoms with Gasteiger partial charge < -0.3 is 15.1 Å². The van der Waals surface area contributed by atoms with E-state index in [1.165, 1.54) is 5.56 Å². The number of carbonyl (C=O) groups is 2. The minimum absolute atomic E-state index is 0.0193. The highest BCUT2D eigenvalue weighted by molar-refractivity contribution is 5.82. The van der Waals surface area contributed by atoms with Crippen molar-refractivity contribution in [2.24, 2.45) is 0 Å². The molecule has 2 heterocycles. The zero-order chi connectivity index (χ0) is 17.6. The molecule has 0 spiro atoms. The molecule has 1 aromatic carbocycles. The Hall–Kier alpha value is -1.88. The Bertz CT molecular complexity index is 576. The van der Waals surface area contributed by atoms with Gasteiger partial charge in [0.2, 0.25) is 11.8 Å². The van der Waals surface area contributed by atoms with Gasteiger partial charge in [0.1, 0.15) is 0 Å². The molecule has 3 rings (SSSR count). The summed E-state index contributed by atoms with van der Waals surface area (Å²) in [6, 6.07) is 10.2. The number of hydrogen-bond donors (Lipinski definition) is 1. The van der Waals surface area contributed by atoms with Crippen LogP contribution in [0.4, 0.5) is 0 Å². The predicted molar refractivity (Wildman–Crippen MR) is 98.3 cm³/mol. The van der Waals surface area contributed by atoms with E-state index in [2.05, 4.69) is 24.4 Å². The standard InChI is InChI=1S/C20H29N3O2/c1-16(17-7-3-2-4-8-17)15-19(24)22-11-13-23(14-12-22)20(25)18-9-5-6-10-21-18/h2-4,7-8,16,18,21H,5-6,9-15H2,1H3/t16-,18-/m0/s1. The van der Waals surface area contributed by atoms with Gasteiger partial charge in [-0.25, -0.2) is 0 Å². The first-order chi connectivity index (χ1) is 12.1. The van der Waals surface area contributed by atoms with Crippen LogP contribution in [0.15, 0.2) is 30.3 Å². The predicted octanol–water partition coefficient (Wildman–Crippen LogP) is 1.99. The summed E-state index contributed by atoms with van der Waals surface area (Å²) in [4.78, 5) is 29.0. The van der Waals surface area contributed by atoms with Crippen molar-refractivity contribution in [1.82, 2.24) is 15.1 Å². The van der Waals surface area contributed by atoms with Gasteiger partial charge in [-0.1, -0.05) is 43.7 Å². The van der Waals surface area contributed by atoms with Crippen LogP contribution < -0.4 is 5.32 Å². The van der Waals surface area contributed by atoms with Crippen LogP contribution in [-0.4, -0.2) is 60.4 Å². The maximum Gasteiger partial charge on any atom is 0.239 e. The molecule has 2 saturated heterocycles. The van der Waals surface area contributed by atoms with Gasteiger partial charge in [-0.2, -0.15) is 0 Å². The molecule has 2 fully saturated rings. The zero-order valence-electron chi connectivity index (χ0n) is 15.1. The van der Waals surface area contributed by atoms with Gasteiger partial charge in [0.05, 0.1) is 6.04 Å². The van der Waals surface area contributed by atoms with Crippen molar-refractivity contribution >= 4 is 11.8 Å². The normalized spacial score (nSPS) is 22.5. The SMILES string of the molecule is C[C@@H](CC(=O)N1CCN(C(=O)[C@@H]2CCCCN2)CC1)c1ccccc1. The van der Waals surface area contributed by atoms with Gasteiger partial charge in [-0.05, 0) is 30.9 Å². The number of piperidine rings is 1. The Morgan fingerprint density at radius 2 is 1.76 bits per heavy atom. The molecule has 0 saturated carbocycles. The largest absolute Gasteiger partial charge is 0.339 e. The smallest absolute Gasteiger partial charge is 0.239 e. The van der Waals surface area contributed by atoms with Crippen LogP contribution in [0.1, 0.15) is 44.1 Å². The molecule has 0 aromatic heterocycles. The van der Waals surface area contributed by atoms with E-state index in [0.717, 1.165) is 25.8 Å². The second kappa shape index (κ2) is 8.48.